The molecule has 0 aromatic carbocycles. The van der Waals surface area contributed by atoms with Gasteiger partial charge in [0.15, 0.2) is 11.6 Å². The highest BCUT2D eigenvalue weighted by molar-refractivity contribution is 5.64. The van der Waals surface area contributed by atoms with Crippen molar-refractivity contribution in [2.45, 2.75) is 49.5 Å². The van der Waals surface area contributed by atoms with Gasteiger partial charge in [-0.3, -0.25) is 4.90 Å². The zero-order valence-electron chi connectivity index (χ0n) is 18.3. The molecule has 8 nitrogen and oxygen atoms in total. The van der Waals surface area contributed by atoms with Crippen molar-refractivity contribution < 1.29 is 40.9 Å². The predicted octanol–water partition coefficient (Wildman–Crippen LogP) is 3.45. The molecule has 35 heavy (non-hydrogen) atoms. The second-order valence-corrected chi connectivity index (χ2v) is 9.25. The highest BCUT2D eigenvalue weighted by atomic mass is 19.4. The molecule has 0 radical (unpaired) electrons. The van der Waals surface area contributed by atoms with E-state index in [-0.39, 0.29) is 28.8 Å². The van der Waals surface area contributed by atoms with Crippen molar-refractivity contribution in [2.75, 3.05) is 32.0 Å². The van der Waals surface area contributed by atoms with Gasteiger partial charge in [-0.1, -0.05) is 0 Å². The first kappa shape index (κ1) is 24.1. The maximum absolute atomic E-state index is 13.5. The lowest BCUT2D eigenvalue weighted by Gasteiger charge is -2.49. The zero-order chi connectivity index (χ0) is 25.2. The Morgan fingerprint density at radius 3 is 2.46 bits per heavy atom. The first-order chi connectivity index (χ1) is 16.4. The molecule has 0 spiro atoms. The number of rotatable bonds is 5. The molecular formula is C21H23F6N5O3. The molecule has 2 atom stereocenters. The Morgan fingerprint density at radius 1 is 1.14 bits per heavy atom. The Hall–Kier alpha value is -2.58. The van der Waals surface area contributed by atoms with Crippen LogP contribution in [0.25, 0.3) is 11.3 Å². The van der Waals surface area contributed by atoms with Crippen molar-refractivity contribution in [2.24, 2.45) is 5.92 Å². The molecule has 2 aromatic heterocycles. The van der Waals surface area contributed by atoms with Gasteiger partial charge < -0.3 is 24.9 Å². The van der Waals surface area contributed by atoms with Crippen molar-refractivity contribution >= 4 is 5.82 Å². The van der Waals surface area contributed by atoms with Crippen molar-refractivity contribution in [3.63, 3.8) is 0 Å². The molecule has 4 fully saturated rings. The van der Waals surface area contributed by atoms with Crippen LogP contribution in [0.5, 0.6) is 5.75 Å². The average Bonchev–Trinajstić information content (AvgIpc) is 3.45. The molecule has 1 aliphatic heterocycles. The molecule has 4 aliphatic rings. The molecule has 0 amide bonds. The number of nitrogen functional groups attached to an aromatic ring is 1. The van der Waals surface area contributed by atoms with Crippen LogP contribution in [-0.2, 0) is 4.74 Å². The normalized spacial score (nSPS) is 28.1. The minimum Gasteiger partial charge on any atom is -0.402 e. The van der Waals surface area contributed by atoms with E-state index in [1.54, 1.807) is 0 Å². The molecule has 3 saturated carbocycles. The highest BCUT2D eigenvalue weighted by Crippen LogP contribution is 2.61. The summed E-state index contributed by atoms with van der Waals surface area (Å²) in [4.78, 5) is 9.97. The van der Waals surface area contributed by atoms with Crippen LogP contribution in [0.15, 0.2) is 18.5 Å². The van der Waals surface area contributed by atoms with Gasteiger partial charge >= 0.3 is 12.5 Å². The molecule has 3 aliphatic carbocycles. The number of aromatic nitrogens is 3. The average molecular weight is 507 g/mol. The van der Waals surface area contributed by atoms with E-state index < -0.39 is 36.0 Å². The van der Waals surface area contributed by atoms with E-state index in [0.717, 1.165) is 38.2 Å². The zero-order valence-corrected chi connectivity index (χ0v) is 18.3. The number of alkyl halides is 6. The lowest BCUT2D eigenvalue weighted by molar-refractivity contribution is -0.274. The molecule has 14 heteroatoms. The molecule has 3 heterocycles. The number of anilines is 1. The minimum atomic E-state index is -5.04. The largest absolute Gasteiger partial charge is 0.573 e. The second-order valence-electron chi connectivity index (χ2n) is 9.25. The lowest BCUT2D eigenvalue weighted by Crippen LogP contribution is -2.56. The van der Waals surface area contributed by atoms with E-state index in [9.17, 15) is 31.4 Å². The Balaban J connectivity index is 1.50. The fourth-order valence-corrected chi connectivity index (χ4v) is 5.62. The first-order valence-electron chi connectivity index (χ1n) is 11.0. The summed E-state index contributed by atoms with van der Waals surface area (Å²) in [6.45, 7) is 2.67. The number of nitrogens with zero attached hydrogens (tertiary/aromatic N) is 4. The van der Waals surface area contributed by atoms with Gasteiger partial charge in [0.25, 0.3) is 0 Å². The number of fused-ring (bicyclic) bond motifs is 1. The molecule has 2 aromatic rings. The maximum atomic E-state index is 13.5. The van der Waals surface area contributed by atoms with Gasteiger partial charge in [-0.05, 0) is 31.2 Å². The van der Waals surface area contributed by atoms with Crippen molar-refractivity contribution in [1.82, 2.24) is 19.4 Å². The number of morpholine rings is 1. The Bertz CT molecular complexity index is 1090. The quantitative estimate of drug-likeness (QED) is 0.599. The van der Waals surface area contributed by atoms with E-state index >= 15 is 0 Å². The standard InChI is InChI=1S/C21H23F6N5O3/c22-20(23,24)16(33)18-30-13(11-5-15(17(28)29-9-11)35-21(25,26)27)10-32(18)14-8-19(6-12(14)7-19)31-1-3-34-4-2-31/h5,9-10,12,14,16,33H,1-4,6-8H2,(H2,28,29)/t12?,14-,16?,19?/m0/s1. The highest BCUT2D eigenvalue weighted by Gasteiger charge is 2.60. The van der Waals surface area contributed by atoms with Gasteiger partial charge in [0.2, 0.25) is 6.10 Å². The topological polar surface area (TPSA) is 98.7 Å². The van der Waals surface area contributed by atoms with Crippen molar-refractivity contribution in [3.05, 3.63) is 24.3 Å². The molecule has 3 N–H and O–H groups in total. The first-order valence-corrected chi connectivity index (χ1v) is 11.0. The Labute approximate surface area is 195 Å². The third-order valence-electron chi connectivity index (χ3n) is 7.18. The van der Waals surface area contributed by atoms with Crippen LogP contribution in [0, 0.1) is 5.92 Å². The third kappa shape index (κ3) is 4.42. The van der Waals surface area contributed by atoms with Crippen LogP contribution >= 0.6 is 0 Å². The number of hydrogen-bond acceptors (Lipinski definition) is 7. The van der Waals surface area contributed by atoms with Gasteiger partial charge in [0.1, 0.15) is 5.82 Å². The van der Waals surface area contributed by atoms with Gasteiger partial charge in [-0.2, -0.15) is 13.2 Å². The summed E-state index contributed by atoms with van der Waals surface area (Å²) < 4.78 is 89.2. The van der Waals surface area contributed by atoms with Gasteiger partial charge in [-0.15, -0.1) is 13.2 Å². The maximum Gasteiger partial charge on any atom is 0.573 e. The van der Waals surface area contributed by atoms with Crippen molar-refractivity contribution in [1.29, 1.82) is 0 Å². The minimum absolute atomic E-state index is 0.0268. The molecule has 6 rings (SSSR count). The monoisotopic (exact) mass is 507 g/mol. The van der Waals surface area contributed by atoms with Crippen LogP contribution in [0.4, 0.5) is 32.2 Å². The molecule has 1 saturated heterocycles. The number of imidazole rings is 1. The van der Waals surface area contributed by atoms with E-state index in [1.165, 1.54) is 10.8 Å². The van der Waals surface area contributed by atoms with Crippen LogP contribution in [0.3, 0.4) is 0 Å². The number of pyridine rings is 1. The molecular weight excluding hydrogens is 484 g/mol. The number of hydrogen-bond donors (Lipinski definition) is 2. The second kappa shape index (κ2) is 8.23. The number of aliphatic hydroxyl groups excluding tert-OH is 1. The fourth-order valence-electron chi connectivity index (χ4n) is 5.62. The summed E-state index contributed by atoms with van der Waals surface area (Å²) in [7, 11) is 0. The molecule has 192 valence electrons. The summed E-state index contributed by atoms with van der Waals surface area (Å²) in [6.07, 6.45) is -8.27. The lowest BCUT2D eigenvalue weighted by atomic mass is 9.75. The summed E-state index contributed by atoms with van der Waals surface area (Å²) in [5, 5.41) is 10.1. The van der Waals surface area contributed by atoms with E-state index in [2.05, 4.69) is 19.6 Å². The Morgan fingerprint density at radius 2 is 1.83 bits per heavy atom. The fraction of sp³-hybridized carbons (Fsp3) is 0.619. The number of halogens is 6. The summed E-state index contributed by atoms with van der Waals surface area (Å²) >= 11 is 0. The predicted molar refractivity (Wildman–Crippen MR) is 109 cm³/mol. The number of nitrogens with two attached hydrogens (primary N) is 1. The van der Waals surface area contributed by atoms with E-state index in [4.69, 9.17) is 10.5 Å². The van der Waals surface area contributed by atoms with Crippen LogP contribution < -0.4 is 10.5 Å². The van der Waals surface area contributed by atoms with Crippen LogP contribution in [0.2, 0.25) is 0 Å². The van der Waals surface area contributed by atoms with E-state index in [0.29, 0.717) is 19.6 Å². The summed E-state index contributed by atoms with van der Waals surface area (Å²) in [6, 6.07) is 0.564. The van der Waals surface area contributed by atoms with Gasteiger partial charge in [0.05, 0.1) is 18.9 Å². The third-order valence-corrected chi connectivity index (χ3v) is 7.18. The van der Waals surface area contributed by atoms with Crippen LogP contribution in [0.1, 0.15) is 37.2 Å². The van der Waals surface area contributed by atoms with Crippen molar-refractivity contribution in [3.8, 4) is 17.0 Å². The number of ether oxygens (including phenoxy) is 2. The summed E-state index contributed by atoms with van der Waals surface area (Å²) in [5.74, 6) is -1.85. The molecule has 2 bridgehead atoms. The SMILES string of the molecule is Nc1ncc(-c2cn([C@H]3CC4(N5CCOCC5)CC3C4)c(C(O)C(F)(F)F)n2)cc1OC(F)(F)F. The van der Waals surface area contributed by atoms with E-state index in [1.807, 2.05) is 0 Å². The summed E-state index contributed by atoms with van der Waals surface area (Å²) in [5.41, 5.74) is 5.22. The Kier molecular flexibility index (Phi) is 5.68. The van der Waals surface area contributed by atoms with Crippen LogP contribution in [-0.4, -0.2) is 68.9 Å². The van der Waals surface area contributed by atoms with Gasteiger partial charge in [-0.25, -0.2) is 9.97 Å². The van der Waals surface area contributed by atoms with Gasteiger partial charge in [0, 0.05) is 42.6 Å². The smallest absolute Gasteiger partial charge is 0.402 e. The molecule has 1 unspecified atom stereocenters. The number of aliphatic hydroxyl groups is 1.